The van der Waals surface area contributed by atoms with Gasteiger partial charge in [-0.05, 0) is 42.3 Å². The zero-order chi connectivity index (χ0) is 16.1. The molecule has 0 fully saturated rings. The minimum absolute atomic E-state index is 0.174. The fourth-order valence-corrected chi connectivity index (χ4v) is 2.34. The van der Waals surface area contributed by atoms with E-state index in [0.717, 1.165) is 11.1 Å². The Morgan fingerprint density at radius 1 is 1.23 bits per heavy atom. The Morgan fingerprint density at radius 3 is 2.64 bits per heavy atom. The molecule has 0 aliphatic carbocycles. The topological polar surface area (TPSA) is 44.1 Å². The van der Waals surface area contributed by atoms with Crippen LogP contribution in [0.5, 0.6) is 0 Å². The average Bonchev–Trinajstić information content (AvgIpc) is 2.54. The summed E-state index contributed by atoms with van der Waals surface area (Å²) in [6, 6.07) is 16.4. The number of amides is 1. The Balaban J connectivity index is 2.26. The summed E-state index contributed by atoms with van der Waals surface area (Å²) < 4.78 is 0. The van der Waals surface area contributed by atoms with Gasteiger partial charge in [-0.2, -0.15) is 5.26 Å². The molecule has 0 unspecified atom stereocenters. The number of carbonyl (C=O) groups excluding carboxylic acids is 1. The number of halogens is 1. The van der Waals surface area contributed by atoms with Gasteiger partial charge in [-0.15, -0.1) is 0 Å². The standard InChI is InChI=1S/C18H15ClN2O/c1-13(16-8-3-4-9-17(16)19)10-18(22)21(2)15-7-5-6-14(11-15)12-20/h3-11H,1-2H3/b13-10-. The van der Waals surface area contributed by atoms with Gasteiger partial charge in [0.15, 0.2) is 0 Å². The molecule has 22 heavy (non-hydrogen) atoms. The van der Waals surface area contributed by atoms with Crippen molar-refractivity contribution in [3.8, 4) is 6.07 Å². The zero-order valence-corrected chi connectivity index (χ0v) is 13.1. The highest BCUT2D eigenvalue weighted by atomic mass is 35.5. The van der Waals surface area contributed by atoms with Gasteiger partial charge in [-0.1, -0.05) is 35.9 Å². The highest BCUT2D eigenvalue weighted by molar-refractivity contribution is 6.32. The summed E-state index contributed by atoms with van der Waals surface area (Å²) in [5.41, 5.74) is 2.81. The Hall–Kier alpha value is -2.57. The first-order valence-electron chi connectivity index (χ1n) is 6.74. The molecule has 0 spiro atoms. The molecule has 4 heteroatoms. The van der Waals surface area contributed by atoms with E-state index in [-0.39, 0.29) is 5.91 Å². The Kier molecular flexibility index (Phi) is 4.98. The smallest absolute Gasteiger partial charge is 0.250 e. The van der Waals surface area contributed by atoms with Crippen LogP contribution in [0.25, 0.3) is 5.57 Å². The molecule has 0 saturated heterocycles. The molecule has 0 bridgehead atoms. The predicted octanol–water partition coefficient (Wildman–Crippen LogP) is 4.28. The molecule has 0 atom stereocenters. The highest BCUT2D eigenvalue weighted by Gasteiger charge is 2.10. The van der Waals surface area contributed by atoms with Crippen LogP contribution in [0.15, 0.2) is 54.6 Å². The molecule has 2 aromatic carbocycles. The average molecular weight is 311 g/mol. The number of anilines is 1. The number of benzene rings is 2. The van der Waals surface area contributed by atoms with Gasteiger partial charge in [0, 0.05) is 23.8 Å². The van der Waals surface area contributed by atoms with Crippen molar-refractivity contribution < 1.29 is 4.79 Å². The first-order valence-corrected chi connectivity index (χ1v) is 7.12. The number of hydrogen-bond donors (Lipinski definition) is 0. The molecule has 1 amide bonds. The van der Waals surface area contributed by atoms with E-state index in [1.165, 1.54) is 4.90 Å². The van der Waals surface area contributed by atoms with Crippen molar-refractivity contribution in [2.45, 2.75) is 6.92 Å². The van der Waals surface area contributed by atoms with Gasteiger partial charge >= 0.3 is 0 Å². The second kappa shape index (κ2) is 6.93. The molecule has 0 aromatic heterocycles. The molecule has 110 valence electrons. The Morgan fingerprint density at radius 2 is 1.95 bits per heavy atom. The molecule has 0 N–H and O–H groups in total. The van der Waals surface area contributed by atoms with E-state index in [4.69, 9.17) is 16.9 Å². The maximum Gasteiger partial charge on any atom is 0.250 e. The molecule has 2 aromatic rings. The summed E-state index contributed by atoms with van der Waals surface area (Å²) in [7, 11) is 1.68. The van der Waals surface area contributed by atoms with Crippen LogP contribution in [0, 0.1) is 11.3 Å². The van der Waals surface area contributed by atoms with Crippen molar-refractivity contribution in [1.29, 1.82) is 5.26 Å². The van der Waals surface area contributed by atoms with Crippen molar-refractivity contribution in [3.63, 3.8) is 0 Å². The van der Waals surface area contributed by atoms with E-state index in [2.05, 4.69) is 6.07 Å². The van der Waals surface area contributed by atoms with E-state index in [1.54, 1.807) is 43.5 Å². The van der Waals surface area contributed by atoms with Gasteiger partial charge in [0.25, 0.3) is 5.91 Å². The monoisotopic (exact) mass is 310 g/mol. The maximum absolute atomic E-state index is 12.4. The molecular weight excluding hydrogens is 296 g/mol. The lowest BCUT2D eigenvalue weighted by atomic mass is 10.1. The number of hydrogen-bond acceptors (Lipinski definition) is 2. The third-order valence-electron chi connectivity index (χ3n) is 3.33. The van der Waals surface area contributed by atoms with E-state index in [9.17, 15) is 4.79 Å². The highest BCUT2D eigenvalue weighted by Crippen LogP contribution is 2.23. The van der Waals surface area contributed by atoms with Crippen LogP contribution in [-0.4, -0.2) is 13.0 Å². The van der Waals surface area contributed by atoms with Gasteiger partial charge in [0.1, 0.15) is 0 Å². The first-order chi connectivity index (χ1) is 10.5. The van der Waals surface area contributed by atoms with Crippen LogP contribution in [0.2, 0.25) is 5.02 Å². The van der Waals surface area contributed by atoms with Crippen LogP contribution >= 0.6 is 11.6 Å². The number of nitrogens with zero attached hydrogens (tertiary/aromatic N) is 2. The predicted molar refractivity (Wildman–Crippen MR) is 89.7 cm³/mol. The summed E-state index contributed by atoms with van der Waals surface area (Å²) in [4.78, 5) is 13.9. The van der Waals surface area contributed by atoms with E-state index >= 15 is 0 Å². The van der Waals surface area contributed by atoms with Crippen LogP contribution in [0.4, 0.5) is 5.69 Å². The first kappa shape index (κ1) is 15.8. The van der Waals surface area contributed by atoms with Crippen LogP contribution in [0.1, 0.15) is 18.1 Å². The third-order valence-corrected chi connectivity index (χ3v) is 3.66. The van der Waals surface area contributed by atoms with Crippen molar-refractivity contribution in [1.82, 2.24) is 0 Å². The zero-order valence-electron chi connectivity index (χ0n) is 12.4. The lowest BCUT2D eigenvalue weighted by Crippen LogP contribution is -2.24. The van der Waals surface area contributed by atoms with Gasteiger partial charge in [0.05, 0.1) is 11.6 Å². The van der Waals surface area contributed by atoms with Gasteiger partial charge in [-0.25, -0.2) is 0 Å². The second-order valence-corrected chi connectivity index (χ2v) is 5.27. The van der Waals surface area contributed by atoms with E-state index in [1.807, 2.05) is 25.1 Å². The van der Waals surface area contributed by atoms with Gasteiger partial charge < -0.3 is 4.90 Å². The third kappa shape index (κ3) is 3.55. The summed E-state index contributed by atoms with van der Waals surface area (Å²) in [6.45, 7) is 1.85. The van der Waals surface area contributed by atoms with Crippen molar-refractivity contribution in [2.24, 2.45) is 0 Å². The summed E-state index contributed by atoms with van der Waals surface area (Å²) in [5.74, 6) is -0.174. The quantitative estimate of drug-likeness (QED) is 0.794. The largest absolute Gasteiger partial charge is 0.312 e. The second-order valence-electron chi connectivity index (χ2n) is 4.87. The minimum Gasteiger partial charge on any atom is -0.312 e. The van der Waals surface area contributed by atoms with Crippen molar-refractivity contribution >= 4 is 28.8 Å². The number of allylic oxidation sites excluding steroid dienone is 1. The Bertz CT molecular complexity index is 775. The SMILES string of the molecule is C/C(=C/C(=O)N(C)c1cccc(C#N)c1)c1ccccc1Cl. The molecule has 0 saturated carbocycles. The van der Waals surface area contributed by atoms with Crippen LogP contribution < -0.4 is 4.90 Å². The van der Waals surface area contributed by atoms with Crippen LogP contribution in [-0.2, 0) is 4.79 Å². The molecule has 0 radical (unpaired) electrons. The maximum atomic E-state index is 12.4. The van der Waals surface area contributed by atoms with Crippen LogP contribution in [0.3, 0.4) is 0 Å². The fourth-order valence-electron chi connectivity index (χ4n) is 2.05. The van der Waals surface area contributed by atoms with Crippen molar-refractivity contribution in [3.05, 3.63) is 70.8 Å². The minimum atomic E-state index is -0.174. The molecule has 0 aliphatic rings. The number of rotatable bonds is 3. The fraction of sp³-hybridized carbons (Fsp3) is 0.111. The summed E-state index contributed by atoms with van der Waals surface area (Å²) >= 11 is 6.14. The van der Waals surface area contributed by atoms with Gasteiger partial charge in [0.2, 0.25) is 0 Å². The summed E-state index contributed by atoms with van der Waals surface area (Å²) in [6.07, 6.45) is 1.54. The lowest BCUT2D eigenvalue weighted by Gasteiger charge is -2.16. The molecular formula is C18H15ClN2O. The Labute approximate surface area is 135 Å². The molecule has 0 heterocycles. The lowest BCUT2D eigenvalue weighted by molar-refractivity contribution is -0.113. The normalized spacial score (nSPS) is 10.9. The summed E-state index contributed by atoms with van der Waals surface area (Å²) in [5, 5.41) is 9.54. The molecule has 2 rings (SSSR count). The number of likely N-dealkylation sites (N-methyl/N-ethyl adjacent to an activating group) is 1. The number of carbonyl (C=O) groups is 1. The van der Waals surface area contributed by atoms with E-state index in [0.29, 0.717) is 16.3 Å². The number of nitriles is 1. The van der Waals surface area contributed by atoms with Gasteiger partial charge in [-0.3, -0.25) is 4.79 Å². The molecule has 0 aliphatic heterocycles. The van der Waals surface area contributed by atoms with E-state index < -0.39 is 0 Å². The van der Waals surface area contributed by atoms with Crippen molar-refractivity contribution in [2.75, 3.05) is 11.9 Å². The molecule has 3 nitrogen and oxygen atoms in total.